The molecule has 1 saturated heterocycles. The molecule has 3 aromatic rings. The molecule has 8 heteroatoms. The lowest BCUT2D eigenvalue weighted by molar-refractivity contribution is 0.0482. The summed E-state index contributed by atoms with van der Waals surface area (Å²) in [6.45, 7) is 9.42. The van der Waals surface area contributed by atoms with Crippen LogP contribution in [0.3, 0.4) is 0 Å². The Labute approximate surface area is 199 Å². The van der Waals surface area contributed by atoms with Crippen LogP contribution in [0, 0.1) is 25.6 Å². The van der Waals surface area contributed by atoms with Crippen LogP contribution in [0.2, 0.25) is 0 Å². The molecule has 1 aliphatic heterocycles. The van der Waals surface area contributed by atoms with Gasteiger partial charge in [-0.2, -0.15) is 5.10 Å². The van der Waals surface area contributed by atoms with Crippen molar-refractivity contribution < 1.29 is 14.3 Å². The zero-order chi connectivity index (χ0) is 24.5. The van der Waals surface area contributed by atoms with Crippen LogP contribution in [0.1, 0.15) is 60.3 Å². The number of halogens is 1. The second-order valence-electron chi connectivity index (χ2n) is 9.92. The number of ketones is 1. The first-order valence-electron chi connectivity index (χ1n) is 11.7. The molecule has 0 amide bonds. The van der Waals surface area contributed by atoms with E-state index in [4.69, 9.17) is 0 Å². The van der Waals surface area contributed by atoms with E-state index >= 15 is 0 Å². The Hall–Kier alpha value is -3.13. The largest absolute Gasteiger partial charge is 0.390 e. The molecule has 1 N–H and O–H groups in total. The highest BCUT2D eigenvalue weighted by molar-refractivity contribution is 5.98. The zero-order valence-electron chi connectivity index (χ0n) is 20.3. The van der Waals surface area contributed by atoms with Crippen molar-refractivity contribution in [1.29, 1.82) is 0 Å². The topological polar surface area (TPSA) is 84.1 Å². The Morgan fingerprint density at radius 2 is 1.88 bits per heavy atom. The fourth-order valence-electron chi connectivity index (χ4n) is 4.80. The molecule has 34 heavy (non-hydrogen) atoms. The fraction of sp³-hybridized carbons (Fsp3) is 0.462. The summed E-state index contributed by atoms with van der Waals surface area (Å²) in [6, 6.07) is 4.88. The van der Waals surface area contributed by atoms with Gasteiger partial charge in [0, 0.05) is 25.7 Å². The molecule has 1 aliphatic rings. The van der Waals surface area contributed by atoms with Crippen molar-refractivity contribution >= 4 is 11.6 Å². The molecule has 0 saturated carbocycles. The number of pyridine rings is 2. The summed E-state index contributed by atoms with van der Waals surface area (Å²) < 4.78 is 14.7. The van der Waals surface area contributed by atoms with Crippen molar-refractivity contribution in [3.63, 3.8) is 0 Å². The lowest BCUT2D eigenvalue weighted by atomic mass is 9.86. The van der Waals surface area contributed by atoms with Gasteiger partial charge < -0.3 is 10.0 Å². The second kappa shape index (κ2) is 9.62. The number of Topliss-reactive ketones (excluding diaryl/α,β-unsaturated/α-hetero) is 1. The minimum Gasteiger partial charge on any atom is -0.390 e. The van der Waals surface area contributed by atoms with E-state index in [1.807, 2.05) is 26.8 Å². The van der Waals surface area contributed by atoms with Gasteiger partial charge in [-0.25, -0.2) is 19.0 Å². The van der Waals surface area contributed by atoms with Gasteiger partial charge >= 0.3 is 0 Å². The Morgan fingerprint density at radius 1 is 1.15 bits per heavy atom. The summed E-state index contributed by atoms with van der Waals surface area (Å²) in [4.78, 5) is 24.0. The molecule has 0 aromatic carbocycles. The fourth-order valence-corrected chi connectivity index (χ4v) is 4.80. The van der Waals surface area contributed by atoms with Gasteiger partial charge in [-0.3, -0.25) is 4.79 Å². The van der Waals surface area contributed by atoms with Crippen LogP contribution in [0.5, 0.6) is 0 Å². The number of hydrogen-bond acceptors (Lipinski definition) is 6. The summed E-state index contributed by atoms with van der Waals surface area (Å²) in [6.07, 6.45) is 7.57. The van der Waals surface area contributed by atoms with Gasteiger partial charge in [-0.1, -0.05) is 6.07 Å². The molecule has 0 unspecified atom stereocenters. The number of hydrogen-bond donors (Lipinski definition) is 1. The number of anilines is 1. The smallest absolute Gasteiger partial charge is 0.170 e. The lowest BCUT2D eigenvalue weighted by Gasteiger charge is -2.35. The minimum absolute atomic E-state index is 0.0488. The molecular weight excluding hydrogens is 433 g/mol. The molecule has 3 aromatic heterocycles. The Balaban J connectivity index is 1.41. The van der Waals surface area contributed by atoms with E-state index in [-0.39, 0.29) is 12.2 Å². The Bertz CT molecular complexity index is 1160. The van der Waals surface area contributed by atoms with Crippen molar-refractivity contribution in [2.45, 2.75) is 59.0 Å². The van der Waals surface area contributed by atoms with Gasteiger partial charge in [0.1, 0.15) is 11.6 Å². The highest BCUT2D eigenvalue weighted by Crippen LogP contribution is 2.29. The molecule has 4 rings (SSSR count). The van der Waals surface area contributed by atoms with Gasteiger partial charge in [-0.05, 0) is 76.1 Å². The molecule has 4 heterocycles. The van der Waals surface area contributed by atoms with E-state index in [0.717, 1.165) is 55.5 Å². The number of rotatable bonds is 7. The van der Waals surface area contributed by atoms with Crippen molar-refractivity contribution in [1.82, 2.24) is 19.7 Å². The van der Waals surface area contributed by atoms with Crippen LogP contribution in [0.15, 0.2) is 36.8 Å². The van der Waals surface area contributed by atoms with Crippen molar-refractivity contribution in [3.8, 4) is 5.82 Å². The molecule has 0 aliphatic carbocycles. The minimum atomic E-state index is -0.625. The van der Waals surface area contributed by atoms with E-state index in [9.17, 15) is 14.3 Å². The van der Waals surface area contributed by atoms with Gasteiger partial charge in [0.2, 0.25) is 0 Å². The average Bonchev–Trinajstić information content (AvgIpc) is 3.15. The SMILES string of the molecule is Cc1cc(CC(=O)c2cnn(-c3ccc(F)cn3)c2C)cnc1N1CCC(CC(C)(C)O)CC1. The van der Waals surface area contributed by atoms with Crippen LogP contribution in [0.4, 0.5) is 10.2 Å². The summed E-state index contributed by atoms with van der Waals surface area (Å²) in [5.74, 6) is 1.49. The third-order valence-corrected chi connectivity index (χ3v) is 6.41. The number of carbonyl (C=O) groups excluding carboxylic acids is 1. The predicted molar refractivity (Wildman–Crippen MR) is 129 cm³/mol. The molecule has 0 spiro atoms. The van der Waals surface area contributed by atoms with Crippen LogP contribution >= 0.6 is 0 Å². The van der Waals surface area contributed by atoms with Gasteiger partial charge in [0.15, 0.2) is 11.6 Å². The maximum absolute atomic E-state index is 13.2. The lowest BCUT2D eigenvalue weighted by Crippen LogP contribution is -2.37. The van der Waals surface area contributed by atoms with Crippen LogP contribution in [-0.2, 0) is 6.42 Å². The van der Waals surface area contributed by atoms with Crippen LogP contribution in [-0.4, -0.2) is 49.3 Å². The second-order valence-corrected chi connectivity index (χ2v) is 9.92. The van der Waals surface area contributed by atoms with Crippen molar-refractivity contribution in [2.24, 2.45) is 5.92 Å². The highest BCUT2D eigenvalue weighted by Gasteiger charge is 2.26. The van der Waals surface area contributed by atoms with Crippen LogP contribution < -0.4 is 4.90 Å². The highest BCUT2D eigenvalue weighted by atomic mass is 19.1. The summed E-state index contributed by atoms with van der Waals surface area (Å²) in [5, 5.41) is 14.4. The van der Waals surface area contributed by atoms with Crippen molar-refractivity contribution in [3.05, 3.63) is 65.0 Å². The molecule has 1 fully saturated rings. The molecule has 180 valence electrons. The number of carbonyl (C=O) groups is 1. The molecule has 7 nitrogen and oxygen atoms in total. The first kappa shape index (κ1) is 24.0. The first-order chi connectivity index (χ1) is 16.1. The quantitative estimate of drug-likeness (QED) is 0.526. The third-order valence-electron chi connectivity index (χ3n) is 6.41. The Kier molecular flexibility index (Phi) is 6.79. The zero-order valence-corrected chi connectivity index (χ0v) is 20.3. The van der Waals surface area contributed by atoms with E-state index in [1.54, 1.807) is 17.8 Å². The molecule has 0 radical (unpaired) electrons. The van der Waals surface area contributed by atoms with E-state index < -0.39 is 11.4 Å². The predicted octanol–water partition coefficient (Wildman–Crippen LogP) is 4.22. The standard InChI is InChI=1S/C26H32FN5O2/c1-17-11-20(14-29-25(17)31-9-7-19(8-10-31)13-26(3,4)34)12-23(33)22-16-30-32(18(22)2)24-6-5-21(27)15-28-24/h5-6,11,14-16,19,34H,7-10,12-13H2,1-4H3. The number of piperidine rings is 1. The van der Waals surface area contributed by atoms with Crippen molar-refractivity contribution in [2.75, 3.05) is 18.0 Å². The van der Waals surface area contributed by atoms with E-state index in [2.05, 4.69) is 20.0 Å². The molecule has 0 bridgehead atoms. The third kappa shape index (κ3) is 5.50. The maximum Gasteiger partial charge on any atom is 0.170 e. The number of aliphatic hydroxyl groups is 1. The number of aromatic nitrogens is 4. The maximum atomic E-state index is 13.2. The summed E-state index contributed by atoms with van der Waals surface area (Å²) in [5.41, 5.74) is 2.46. The number of nitrogens with zero attached hydrogens (tertiary/aromatic N) is 5. The van der Waals surface area contributed by atoms with Gasteiger partial charge in [0.25, 0.3) is 0 Å². The average molecular weight is 466 g/mol. The summed E-state index contributed by atoms with van der Waals surface area (Å²) >= 11 is 0. The Morgan fingerprint density at radius 3 is 2.50 bits per heavy atom. The van der Waals surface area contributed by atoms with E-state index in [0.29, 0.717) is 23.0 Å². The molecular formula is C26H32FN5O2. The number of aryl methyl sites for hydroxylation is 1. The monoisotopic (exact) mass is 465 g/mol. The van der Waals surface area contributed by atoms with Crippen LogP contribution in [0.25, 0.3) is 5.82 Å². The van der Waals surface area contributed by atoms with E-state index in [1.165, 1.54) is 18.3 Å². The molecule has 0 atom stereocenters. The normalized spacial score (nSPS) is 15.1. The van der Waals surface area contributed by atoms with Gasteiger partial charge in [-0.15, -0.1) is 0 Å². The summed E-state index contributed by atoms with van der Waals surface area (Å²) in [7, 11) is 0. The van der Waals surface area contributed by atoms with Gasteiger partial charge in [0.05, 0.1) is 29.3 Å². The first-order valence-corrected chi connectivity index (χ1v) is 11.7.